The van der Waals surface area contributed by atoms with Gasteiger partial charge in [0.15, 0.2) is 15.6 Å². The van der Waals surface area contributed by atoms with E-state index in [1.807, 2.05) is 0 Å². The summed E-state index contributed by atoms with van der Waals surface area (Å²) in [6.45, 7) is -0.746. The number of nitrogens with one attached hydrogen (secondary N) is 1. The fraction of sp³-hybridized carbons (Fsp3) is 0.267. The molecule has 1 amide bonds. The smallest absolute Gasteiger partial charge is 0.405 e. The third kappa shape index (κ3) is 7.10. The number of alkyl halides is 3. The highest BCUT2D eigenvalue weighted by Gasteiger charge is 2.52. The summed E-state index contributed by atoms with van der Waals surface area (Å²) in [7, 11) is -3.57. The van der Waals surface area contributed by atoms with Gasteiger partial charge in [0.25, 0.3) is 0 Å². The Kier molecular flexibility index (Phi) is 8.91. The van der Waals surface area contributed by atoms with Crippen molar-refractivity contribution in [2.45, 2.75) is 36.3 Å². The molecule has 7 nitrogen and oxygen atoms in total. The summed E-state index contributed by atoms with van der Waals surface area (Å²) < 4.78 is 97.8. The van der Waals surface area contributed by atoms with Gasteiger partial charge in [0.05, 0.1) is 34.4 Å². The van der Waals surface area contributed by atoms with Crippen LogP contribution in [0.25, 0.3) is 11.3 Å². The van der Waals surface area contributed by atoms with Gasteiger partial charge in [0.1, 0.15) is 18.2 Å². The van der Waals surface area contributed by atoms with E-state index >= 15 is 0 Å². The van der Waals surface area contributed by atoms with Gasteiger partial charge in [0.2, 0.25) is 11.8 Å². The predicted molar refractivity (Wildman–Crippen MR) is 159 cm³/mol. The van der Waals surface area contributed by atoms with E-state index in [0.717, 1.165) is 17.0 Å². The molecule has 1 aliphatic rings. The molecule has 15 heteroatoms. The molecule has 0 saturated heterocycles. The van der Waals surface area contributed by atoms with E-state index in [-0.39, 0.29) is 49.3 Å². The van der Waals surface area contributed by atoms with Crippen LogP contribution in [0.3, 0.4) is 0 Å². The minimum atomic E-state index is -4.66. The summed E-state index contributed by atoms with van der Waals surface area (Å²) in [5, 5.41) is 2.76. The van der Waals surface area contributed by atoms with Crippen LogP contribution in [0, 0.1) is 11.6 Å². The second-order valence-electron chi connectivity index (χ2n) is 10.5. The Morgan fingerprint density at radius 2 is 1.69 bits per heavy atom. The monoisotopic (exact) mass is 687 g/mol. The topological polar surface area (TPSA) is 92.5 Å². The quantitative estimate of drug-likeness (QED) is 0.171. The van der Waals surface area contributed by atoms with Crippen LogP contribution in [0.1, 0.15) is 31.2 Å². The largest absolute Gasteiger partial charge is 0.440 e. The number of carbonyl (C=O) groups is 1. The third-order valence-corrected chi connectivity index (χ3v) is 9.66. The van der Waals surface area contributed by atoms with E-state index in [1.165, 1.54) is 55.6 Å². The van der Waals surface area contributed by atoms with Crippen molar-refractivity contribution in [1.29, 1.82) is 0 Å². The highest BCUT2D eigenvalue weighted by Crippen LogP contribution is 2.57. The van der Waals surface area contributed by atoms with Crippen molar-refractivity contribution in [3.05, 3.63) is 93.9 Å². The number of halogens is 7. The molecular weight excluding hydrogens is 664 g/mol. The maximum absolute atomic E-state index is 14.3. The van der Waals surface area contributed by atoms with Gasteiger partial charge < -0.3 is 14.6 Å². The number of rotatable bonds is 10. The molecule has 1 saturated carbocycles. The zero-order valence-electron chi connectivity index (χ0n) is 23.4. The van der Waals surface area contributed by atoms with Crippen molar-refractivity contribution in [1.82, 2.24) is 4.98 Å². The first-order chi connectivity index (χ1) is 21.1. The van der Waals surface area contributed by atoms with Crippen LogP contribution in [-0.4, -0.2) is 44.3 Å². The zero-order valence-corrected chi connectivity index (χ0v) is 25.7. The van der Waals surface area contributed by atoms with Crippen LogP contribution >= 0.6 is 23.2 Å². The van der Waals surface area contributed by atoms with Crippen molar-refractivity contribution in [3.8, 4) is 11.3 Å². The summed E-state index contributed by atoms with van der Waals surface area (Å²) in [6.07, 6.45) is -2.28. The first-order valence-electron chi connectivity index (χ1n) is 13.5. The van der Waals surface area contributed by atoms with Crippen molar-refractivity contribution in [2.24, 2.45) is 0 Å². The Balaban J connectivity index is 1.35. The molecule has 3 aromatic carbocycles. The molecule has 0 bridgehead atoms. The van der Waals surface area contributed by atoms with Crippen molar-refractivity contribution in [3.63, 3.8) is 0 Å². The fourth-order valence-corrected chi connectivity index (χ4v) is 6.70. The van der Waals surface area contributed by atoms with E-state index in [4.69, 9.17) is 27.6 Å². The molecule has 1 aliphatic carbocycles. The second kappa shape index (κ2) is 12.3. The van der Waals surface area contributed by atoms with Gasteiger partial charge in [-0.2, -0.15) is 13.2 Å². The molecule has 45 heavy (non-hydrogen) atoms. The number of carbonyl (C=O) groups excluding carboxylic acids is 1. The maximum atomic E-state index is 14.3. The summed E-state index contributed by atoms with van der Waals surface area (Å²) >= 11 is 13.2. The summed E-state index contributed by atoms with van der Waals surface area (Å²) in [4.78, 5) is 17.9. The van der Waals surface area contributed by atoms with E-state index in [9.17, 15) is 35.2 Å². The lowest BCUT2D eigenvalue weighted by Crippen LogP contribution is -2.39. The fourth-order valence-electron chi connectivity index (χ4n) is 4.97. The van der Waals surface area contributed by atoms with Gasteiger partial charge in [-0.05, 0) is 61.4 Å². The van der Waals surface area contributed by atoms with Crippen molar-refractivity contribution < 1.29 is 39.6 Å². The van der Waals surface area contributed by atoms with Crippen molar-refractivity contribution in [2.75, 3.05) is 29.1 Å². The Morgan fingerprint density at radius 3 is 2.24 bits per heavy atom. The molecule has 0 atom stereocenters. The van der Waals surface area contributed by atoms with Gasteiger partial charge in [-0.3, -0.25) is 4.79 Å². The molecular formula is C30H24Cl2F5N3O4S. The lowest BCUT2D eigenvalue weighted by Gasteiger charge is -2.26. The van der Waals surface area contributed by atoms with Crippen LogP contribution in [0.5, 0.6) is 0 Å². The molecule has 5 rings (SSSR count). The predicted octanol–water partition coefficient (Wildman–Crippen LogP) is 7.81. The highest BCUT2D eigenvalue weighted by atomic mass is 35.5. The first kappa shape index (κ1) is 32.7. The lowest BCUT2D eigenvalue weighted by atomic mass is 9.95. The van der Waals surface area contributed by atoms with E-state index < -0.39 is 52.1 Å². The number of benzene rings is 3. The first-order valence-corrected chi connectivity index (χ1v) is 15.9. The van der Waals surface area contributed by atoms with E-state index in [0.29, 0.717) is 18.4 Å². The number of sulfone groups is 1. The molecule has 1 heterocycles. The number of hydrogen-bond donors (Lipinski definition) is 1. The van der Waals surface area contributed by atoms with Crippen LogP contribution < -0.4 is 10.2 Å². The van der Waals surface area contributed by atoms with E-state index in [1.54, 1.807) is 0 Å². The van der Waals surface area contributed by atoms with Crippen LogP contribution in [0.2, 0.25) is 10.0 Å². The standard InChI is InChI=1S/C30H24Cl2F5N3O4S/c1-2-45(42,43)20-6-4-19(5-7-20)40(16-30(35,36)37)15-26(41)39-18-12-22(31)27(23(32)13-18)29(9-10-29)28-38-14-25(44-28)21-8-3-17(33)11-24(21)34/h3-8,11-14H,2,9-10,15-16H2,1H3,(H,39,41). The number of anilines is 2. The summed E-state index contributed by atoms with van der Waals surface area (Å²) in [6, 6.07) is 10.6. The minimum absolute atomic E-state index is 0.00884. The molecule has 1 fully saturated rings. The Labute approximate surface area is 264 Å². The summed E-state index contributed by atoms with van der Waals surface area (Å²) in [5.74, 6) is -2.27. The van der Waals surface area contributed by atoms with Gasteiger partial charge in [-0.15, -0.1) is 0 Å². The Morgan fingerprint density at radius 1 is 1.04 bits per heavy atom. The average molecular weight is 689 g/mol. The average Bonchev–Trinajstić information content (AvgIpc) is 3.58. The number of oxazole rings is 1. The van der Waals surface area contributed by atoms with Gasteiger partial charge in [-0.25, -0.2) is 22.2 Å². The number of aromatic nitrogens is 1. The van der Waals surface area contributed by atoms with Gasteiger partial charge >= 0.3 is 6.18 Å². The third-order valence-electron chi connectivity index (χ3n) is 7.31. The van der Waals surface area contributed by atoms with Crippen LogP contribution in [0.4, 0.5) is 33.3 Å². The van der Waals surface area contributed by atoms with Crippen molar-refractivity contribution >= 4 is 50.3 Å². The second-order valence-corrected chi connectivity index (χ2v) is 13.6. The van der Waals surface area contributed by atoms with Crippen LogP contribution in [-0.2, 0) is 20.0 Å². The van der Waals surface area contributed by atoms with Gasteiger partial charge in [0, 0.05) is 33.0 Å². The summed E-state index contributed by atoms with van der Waals surface area (Å²) in [5.41, 5.74) is -0.273. The number of hydrogen-bond acceptors (Lipinski definition) is 6. The molecule has 1 aromatic heterocycles. The Hall–Kier alpha value is -3.68. The number of amides is 1. The van der Waals surface area contributed by atoms with E-state index in [2.05, 4.69) is 10.3 Å². The van der Waals surface area contributed by atoms with Crippen LogP contribution in [0.15, 0.2) is 70.1 Å². The molecule has 1 N–H and O–H groups in total. The highest BCUT2D eigenvalue weighted by molar-refractivity contribution is 7.91. The molecule has 4 aromatic rings. The SMILES string of the molecule is CCS(=O)(=O)c1ccc(N(CC(=O)Nc2cc(Cl)c(C3(c4ncc(-c5ccc(F)cc5F)o4)CC3)c(Cl)c2)CC(F)(F)F)cc1. The maximum Gasteiger partial charge on any atom is 0.405 e. The molecule has 0 radical (unpaired) electrons. The Bertz CT molecular complexity index is 1840. The molecule has 0 aliphatic heterocycles. The zero-order chi connectivity index (χ0) is 32.7. The lowest BCUT2D eigenvalue weighted by molar-refractivity contribution is -0.122. The molecule has 238 valence electrons. The molecule has 0 spiro atoms. The normalized spacial score (nSPS) is 14.3. The van der Waals surface area contributed by atoms with Gasteiger partial charge in [-0.1, -0.05) is 30.1 Å². The minimum Gasteiger partial charge on any atom is -0.440 e. The number of nitrogens with zero attached hydrogens (tertiary/aromatic N) is 2. The molecule has 0 unspecified atom stereocenters.